The monoisotopic (exact) mass is 414 g/mol. The highest BCUT2D eigenvalue weighted by molar-refractivity contribution is 7.14. The second-order valence-electron chi connectivity index (χ2n) is 6.08. The number of amides is 1. The van der Waals surface area contributed by atoms with Crippen LogP contribution in [0.3, 0.4) is 0 Å². The SMILES string of the molecule is CC(=O)NCc1ccc(C(=O)COC(=O)c2csc(-c3ccc(C)cc3)n2)s1. The van der Waals surface area contributed by atoms with E-state index < -0.39 is 5.97 Å². The summed E-state index contributed by atoms with van der Waals surface area (Å²) in [5.41, 5.74) is 2.26. The molecule has 3 rings (SSSR count). The minimum Gasteiger partial charge on any atom is -0.453 e. The van der Waals surface area contributed by atoms with Crippen molar-refractivity contribution >= 4 is 40.3 Å². The van der Waals surface area contributed by atoms with Crippen LogP contribution in [-0.2, 0) is 16.1 Å². The number of nitrogens with one attached hydrogen (secondary N) is 1. The number of aryl methyl sites for hydroxylation is 1. The summed E-state index contributed by atoms with van der Waals surface area (Å²) >= 11 is 2.61. The van der Waals surface area contributed by atoms with Crippen LogP contribution in [0.1, 0.15) is 37.5 Å². The highest BCUT2D eigenvalue weighted by Crippen LogP contribution is 2.24. The first kappa shape index (κ1) is 19.9. The van der Waals surface area contributed by atoms with Gasteiger partial charge in [-0.3, -0.25) is 9.59 Å². The molecule has 0 aliphatic rings. The van der Waals surface area contributed by atoms with Gasteiger partial charge in [0.15, 0.2) is 12.3 Å². The highest BCUT2D eigenvalue weighted by atomic mass is 32.1. The van der Waals surface area contributed by atoms with Gasteiger partial charge in [-0.05, 0) is 19.1 Å². The van der Waals surface area contributed by atoms with Gasteiger partial charge in [0, 0.05) is 22.7 Å². The number of thiophene rings is 1. The molecule has 6 nitrogen and oxygen atoms in total. The molecule has 3 aromatic rings. The Hall–Kier alpha value is -2.84. The van der Waals surface area contributed by atoms with Crippen LogP contribution in [-0.4, -0.2) is 29.3 Å². The number of carbonyl (C=O) groups is 3. The molecule has 0 fully saturated rings. The fourth-order valence-corrected chi connectivity index (χ4v) is 3.97. The molecule has 28 heavy (non-hydrogen) atoms. The second-order valence-corrected chi connectivity index (χ2v) is 8.11. The number of carbonyl (C=O) groups excluding carboxylic acids is 3. The molecular formula is C20H18N2O4S2. The van der Waals surface area contributed by atoms with Crippen molar-refractivity contribution in [1.29, 1.82) is 0 Å². The van der Waals surface area contributed by atoms with Crippen molar-refractivity contribution in [3.05, 3.63) is 62.8 Å². The molecule has 0 aliphatic carbocycles. The number of hydrogen-bond acceptors (Lipinski definition) is 7. The van der Waals surface area contributed by atoms with Crippen molar-refractivity contribution in [2.45, 2.75) is 20.4 Å². The Balaban J connectivity index is 1.56. The fourth-order valence-electron chi connectivity index (χ4n) is 2.31. The van der Waals surface area contributed by atoms with Gasteiger partial charge in [0.1, 0.15) is 5.01 Å². The highest BCUT2D eigenvalue weighted by Gasteiger charge is 2.17. The molecule has 144 valence electrons. The predicted octanol–water partition coefficient (Wildman–Crippen LogP) is 3.86. The van der Waals surface area contributed by atoms with Crippen LogP contribution in [0.15, 0.2) is 41.8 Å². The largest absolute Gasteiger partial charge is 0.453 e. The van der Waals surface area contributed by atoms with E-state index in [-0.39, 0.29) is 24.0 Å². The van der Waals surface area contributed by atoms with E-state index in [2.05, 4.69) is 10.3 Å². The summed E-state index contributed by atoms with van der Waals surface area (Å²) in [5.74, 6) is -1.05. The first-order valence-corrected chi connectivity index (χ1v) is 10.2. The smallest absolute Gasteiger partial charge is 0.358 e. The first-order valence-electron chi connectivity index (χ1n) is 8.48. The molecule has 0 saturated carbocycles. The lowest BCUT2D eigenvalue weighted by Crippen LogP contribution is -2.18. The Morgan fingerprint density at radius 2 is 1.86 bits per heavy atom. The van der Waals surface area contributed by atoms with Crippen molar-refractivity contribution in [3.63, 3.8) is 0 Å². The van der Waals surface area contributed by atoms with Crippen molar-refractivity contribution in [2.75, 3.05) is 6.61 Å². The third kappa shape index (κ3) is 5.11. The van der Waals surface area contributed by atoms with E-state index in [4.69, 9.17) is 4.74 Å². The van der Waals surface area contributed by atoms with Gasteiger partial charge in [-0.1, -0.05) is 29.8 Å². The fraction of sp³-hybridized carbons (Fsp3) is 0.200. The van der Waals surface area contributed by atoms with Crippen molar-refractivity contribution in [1.82, 2.24) is 10.3 Å². The van der Waals surface area contributed by atoms with Crippen LogP contribution >= 0.6 is 22.7 Å². The third-order valence-electron chi connectivity index (χ3n) is 3.79. The van der Waals surface area contributed by atoms with E-state index in [0.29, 0.717) is 11.4 Å². The van der Waals surface area contributed by atoms with Crippen LogP contribution in [0.2, 0.25) is 0 Å². The lowest BCUT2D eigenvalue weighted by Gasteiger charge is -2.01. The molecule has 2 heterocycles. The van der Waals surface area contributed by atoms with E-state index in [9.17, 15) is 14.4 Å². The Morgan fingerprint density at radius 1 is 1.11 bits per heavy atom. The van der Waals surface area contributed by atoms with Crippen LogP contribution in [0.5, 0.6) is 0 Å². The molecule has 0 radical (unpaired) electrons. The van der Waals surface area contributed by atoms with E-state index in [1.54, 1.807) is 17.5 Å². The average molecular weight is 415 g/mol. The van der Waals surface area contributed by atoms with Gasteiger partial charge >= 0.3 is 5.97 Å². The van der Waals surface area contributed by atoms with Gasteiger partial charge in [0.05, 0.1) is 11.4 Å². The number of Topliss-reactive ketones (excluding diaryl/α,β-unsaturated/α-hetero) is 1. The van der Waals surface area contributed by atoms with Crippen LogP contribution in [0.25, 0.3) is 10.6 Å². The Morgan fingerprint density at radius 3 is 2.57 bits per heavy atom. The maximum absolute atomic E-state index is 12.2. The lowest BCUT2D eigenvalue weighted by atomic mass is 10.2. The quantitative estimate of drug-likeness (QED) is 0.469. The number of hydrogen-bond donors (Lipinski definition) is 1. The summed E-state index contributed by atoms with van der Waals surface area (Å²) in [6.07, 6.45) is 0. The standard InChI is InChI=1S/C20H18N2O4S2/c1-12-3-5-14(6-4-12)19-22-16(11-27-19)20(25)26-10-17(24)18-8-7-15(28-18)9-21-13(2)23/h3-8,11H,9-10H2,1-2H3,(H,21,23). The first-order chi connectivity index (χ1) is 13.4. The Labute approximate surface area is 170 Å². The summed E-state index contributed by atoms with van der Waals surface area (Å²) in [6.45, 7) is 3.45. The van der Waals surface area contributed by atoms with Crippen LogP contribution < -0.4 is 5.32 Å². The summed E-state index contributed by atoms with van der Waals surface area (Å²) in [6, 6.07) is 11.3. The second kappa shape index (κ2) is 8.90. The molecule has 1 N–H and O–H groups in total. The van der Waals surface area contributed by atoms with Crippen molar-refractivity contribution in [2.24, 2.45) is 0 Å². The molecular weight excluding hydrogens is 396 g/mol. The minimum absolute atomic E-state index is 0.136. The van der Waals surface area contributed by atoms with E-state index in [1.807, 2.05) is 31.2 Å². The molecule has 1 aromatic carbocycles. The summed E-state index contributed by atoms with van der Waals surface area (Å²) < 4.78 is 5.11. The summed E-state index contributed by atoms with van der Waals surface area (Å²) in [5, 5.41) is 5.02. The number of benzene rings is 1. The number of rotatable bonds is 7. The normalized spacial score (nSPS) is 10.5. The molecule has 0 spiro atoms. The number of ketones is 1. The molecule has 0 atom stereocenters. The zero-order valence-electron chi connectivity index (χ0n) is 15.4. The van der Waals surface area contributed by atoms with Gasteiger partial charge in [-0.15, -0.1) is 22.7 Å². The number of thiazole rings is 1. The van der Waals surface area contributed by atoms with Crippen LogP contribution in [0.4, 0.5) is 0 Å². The summed E-state index contributed by atoms with van der Waals surface area (Å²) in [4.78, 5) is 41.0. The average Bonchev–Trinajstić information content (AvgIpc) is 3.34. The number of esters is 1. The lowest BCUT2D eigenvalue weighted by molar-refractivity contribution is -0.119. The molecule has 0 bridgehead atoms. The zero-order valence-corrected chi connectivity index (χ0v) is 17.0. The molecule has 0 aliphatic heterocycles. The van der Waals surface area contributed by atoms with E-state index >= 15 is 0 Å². The van der Waals surface area contributed by atoms with Gasteiger partial charge in [-0.2, -0.15) is 0 Å². The van der Waals surface area contributed by atoms with Crippen molar-refractivity contribution < 1.29 is 19.1 Å². The zero-order chi connectivity index (χ0) is 20.1. The maximum atomic E-state index is 12.2. The van der Waals surface area contributed by atoms with E-state index in [0.717, 1.165) is 21.0 Å². The van der Waals surface area contributed by atoms with E-state index in [1.165, 1.54) is 29.6 Å². The molecule has 1 amide bonds. The molecule has 8 heteroatoms. The van der Waals surface area contributed by atoms with Crippen molar-refractivity contribution in [3.8, 4) is 10.6 Å². The minimum atomic E-state index is -0.627. The summed E-state index contributed by atoms with van der Waals surface area (Å²) in [7, 11) is 0. The van der Waals surface area contributed by atoms with Gasteiger partial charge in [-0.25, -0.2) is 9.78 Å². The number of nitrogens with zero attached hydrogens (tertiary/aromatic N) is 1. The topological polar surface area (TPSA) is 85.4 Å². The third-order valence-corrected chi connectivity index (χ3v) is 5.81. The van der Waals surface area contributed by atoms with Gasteiger partial charge in [0.25, 0.3) is 0 Å². The molecule has 0 unspecified atom stereocenters. The maximum Gasteiger partial charge on any atom is 0.358 e. The van der Waals surface area contributed by atoms with Crippen LogP contribution in [0, 0.1) is 6.92 Å². The molecule has 2 aromatic heterocycles. The number of ether oxygens (including phenoxy) is 1. The molecule has 0 saturated heterocycles. The van der Waals surface area contributed by atoms with Gasteiger partial charge in [0.2, 0.25) is 11.7 Å². The predicted molar refractivity (Wildman–Crippen MR) is 109 cm³/mol. The van der Waals surface area contributed by atoms with Gasteiger partial charge < -0.3 is 10.1 Å². The Kier molecular flexibility index (Phi) is 6.33. The number of aromatic nitrogens is 1. The Bertz CT molecular complexity index is 1010.